The Morgan fingerprint density at radius 1 is 1.33 bits per heavy atom. The third-order valence-corrected chi connectivity index (χ3v) is 1.51. The summed E-state index contributed by atoms with van der Waals surface area (Å²) in [7, 11) is 0. The number of hydrazine groups is 1. The fourth-order valence-corrected chi connectivity index (χ4v) is 0.851. The molecule has 0 heterocycles. The highest BCUT2D eigenvalue weighted by molar-refractivity contribution is 5.47. The van der Waals surface area contributed by atoms with Crippen molar-refractivity contribution in [3.05, 3.63) is 24.3 Å². The van der Waals surface area contributed by atoms with E-state index < -0.39 is 18.3 Å². The number of hydrogen-bond acceptors (Lipinski definition) is 3. The number of halogens is 4. The molecule has 1 rings (SSSR count). The first-order valence-corrected chi connectivity index (χ1v) is 3.87. The highest BCUT2D eigenvalue weighted by atomic mass is 19.3. The average molecular weight is 224 g/mol. The van der Waals surface area contributed by atoms with Gasteiger partial charge in [-0.2, -0.15) is 17.6 Å². The van der Waals surface area contributed by atoms with Gasteiger partial charge in [0.15, 0.2) is 0 Å². The SMILES string of the molecule is NNc1cccc(OC(F)(F)C(F)F)c1. The van der Waals surface area contributed by atoms with Gasteiger partial charge in [0.1, 0.15) is 5.75 Å². The number of anilines is 1. The van der Waals surface area contributed by atoms with Crippen LogP contribution in [0.2, 0.25) is 0 Å². The van der Waals surface area contributed by atoms with E-state index in [2.05, 4.69) is 10.2 Å². The lowest BCUT2D eigenvalue weighted by Crippen LogP contribution is -2.33. The van der Waals surface area contributed by atoms with Crippen molar-refractivity contribution < 1.29 is 22.3 Å². The molecule has 84 valence electrons. The Hall–Kier alpha value is -1.50. The summed E-state index contributed by atoms with van der Waals surface area (Å²) in [6, 6.07) is 5.01. The summed E-state index contributed by atoms with van der Waals surface area (Å²) in [5, 5.41) is 0. The van der Waals surface area contributed by atoms with E-state index in [-0.39, 0.29) is 5.69 Å². The third-order valence-electron chi connectivity index (χ3n) is 1.51. The Morgan fingerprint density at radius 2 is 2.00 bits per heavy atom. The van der Waals surface area contributed by atoms with Gasteiger partial charge in [0.05, 0.1) is 5.69 Å². The molecule has 3 nitrogen and oxygen atoms in total. The van der Waals surface area contributed by atoms with Gasteiger partial charge < -0.3 is 10.2 Å². The molecule has 1 aromatic carbocycles. The number of ether oxygens (including phenoxy) is 1. The summed E-state index contributed by atoms with van der Waals surface area (Å²) >= 11 is 0. The lowest BCUT2D eigenvalue weighted by atomic mass is 10.3. The molecule has 0 saturated carbocycles. The second-order valence-corrected chi connectivity index (χ2v) is 2.64. The van der Waals surface area contributed by atoms with E-state index in [1.54, 1.807) is 0 Å². The molecule has 1 aromatic rings. The first-order valence-electron chi connectivity index (χ1n) is 3.87. The van der Waals surface area contributed by atoms with E-state index >= 15 is 0 Å². The normalized spacial score (nSPS) is 11.6. The molecule has 0 radical (unpaired) electrons. The molecule has 0 spiro atoms. The average Bonchev–Trinajstić information content (AvgIpc) is 2.17. The zero-order valence-electron chi connectivity index (χ0n) is 7.38. The molecule has 0 amide bonds. The van der Waals surface area contributed by atoms with E-state index in [1.807, 2.05) is 0 Å². The predicted octanol–water partition coefficient (Wildman–Crippen LogP) is 2.21. The quantitative estimate of drug-likeness (QED) is 0.468. The van der Waals surface area contributed by atoms with Crippen LogP contribution in [-0.2, 0) is 0 Å². The molecule has 0 saturated heterocycles. The van der Waals surface area contributed by atoms with Crippen molar-refractivity contribution >= 4 is 5.69 Å². The molecular formula is C8H8F4N2O. The fourth-order valence-electron chi connectivity index (χ4n) is 0.851. The van der Waals surface area contributed by atoms with Crippen molar-refractivity contribution in [2.45, 2.75) is 12.5 Å². The zero-order chi connectivity index (χ0) is 11.5. The summed E-state index contributed by atoms with van der Waals surface area (Å²) < 4.78 is 52.2. The number of hydrogen-bond donors (Lipinski definition) is 2. The van der Waals surface area contributed by atoms with Crippen LogP contribution in [0.3, 0.4) is 0 Å². The van der Waals surface area contributed by atoms with Crippen molar-refractivity contribution in [2.75, 3.05) is 5.43 Å². The maximum Gasteiger partial charge on any atom is 0.461 e. The third kappa shape index (κ3) is 2.98. The number of nitrogens with one attached hydrogen (secondary N) is 1. The van der Waals surface area contributed by atoms with Crippen LogP contribution in [0.1, 0.15) is 0 Å². The minimum Gasteiger partial charge on any atom is -0.428 e. The van der Waals surface area contributed by atoms with Crippen LogP contribution in [0.4, 0.5) is 23.2 Å². The Kier molecular flexibility index (Phi) is 3.35. The lowest BCUT2D eigenvalue weighted by Gasteiger charge is -2.17. The summed E-state index contributed by atoms with van der Waals surface area (Å²) in [5.74, 6) is 4.61. The number of rotatable bonds is 4. The molecule has 15 heavy (non-hydrogen) atoms. The monoisotopic (exact) mass is 224 g/mol. The highest BCUT2D eigenvalue weighted by Gasteiger charge is 2.43. The number of alkyl halides is 4. The molecule has 0 bridgehead atoms. The highest BCUT2D eigenvalue weighted by Crippen LogP contribution is 2.28. The first kappa shape index (κ1) is 11.6. The van der Waals surface area contributed by atoms with Crippen LogP contribution in [0.15, 0.2) is 24.3 Å². The van der Waals surface area contributed by atoms with Crippen LogP contribution < -0.4 is 16.0 Å². The molecule has 7 heteroatoms. The number of nitrogens with two attached hydrogens (primary N) is 1. The van der Waals surface area contributed by atoms with Crippen LogP contribution >= 0.6 is 0 Å². The lowest BCUT2D eigenvalue weighted by molar-refractivity contribution is -0.253. The summed E-state index contributed by atoms with van der Waals surface area (Å²) in [6.07, 6.45) is -8.39. The number of nitrogen functional groups attached to an aromatic ring is 1. The van der Waals surface area contributed by atoms with Gasteiger partial charge in [0.2, 0.25) is 0 Å². The van der Waals surface area contributed by atoms with Crippen molar-refractivity contribution in [3.8, 4) is 5.75 Å². The van der Waals surface area contributed by atoms with Crippen LogP contribution in [-0.4, -0.2) is 12.5 Å². The van der Waals surface area contributed by atoms with Crippen molar-refractivity contribution in [1.29, 1.82) is 0 Å². The van der Waals surface area contributed by atoms with Gasteiger partial charge in [-0.15, -0.1) is 0 Å². The van der Waals surface area contributed by atoms with Crippen molar-refractivity contribution in [1.82, 2.24) is 0 Å². The molecule has 0 aliphatic rings. The molecule has 0 atom stereocenters. The maximum atomic E-state index is 12.4. The van der Waals surface area contributed by atoms with Gasteiger partial charge in [0, 0.05) is 6.07 Å². The predicted molar refractivity (Wildman–Crippen MR) is 45.8 cm³/mol. The molecule has 0 aliphatic heterocycles. The van der Waals surface area contributed by atoms with E-state index in [9.17, 15) is 17.6 Å². The molecule has 0 aromatic heterocycles. The second kappa shape index (κ2) is 4.35. The maximum absolute atomic E-state index is 12.4. The van der Waals surface area contributed by atoms with Gasteiger partial charge in [-0.05, 0) is 12.1 Å². The van der Waals surface area contributed by atoms with E-state index in [0.717, 1.165) is 12.1 Å². The van der Waals surface area contributed by atoms with Crippen molar-refractivity contribution in [3.63, 3.8) is 0 Å². The minimum absolute atomic E-state index is 0.276. The van der Waals surface area contributed by atoms with E-state index in [4.69, 9.17) is 5.84 Å². The van der Waals surface area contributed by atoms with Crippen LogP contribution in [0.5, 0.6) is 5.75 Å². The first-order chi connectivity index (χ1) is 6.95. The Balaban J connectivity index is 2.80. The molecular weight excluding hydrogens is 216 g/mol. The Labute approximate surface area is 82.8 Å². The van der Waals surface area contributed by atoms with E-state index in [1.165, 1.54) is 12.1 Å². The van der Waals surface area contributed by atoms with Crippen molar-refractivity contribution in [2.24, 2.45) is 5.84 Å². The zero-order valence-corrected chi connectivity index (χ0v) is 7.38. The molecule has 0 unspecified atom stereocenters. The van der Waals surface area contributed by atoms with E-state index in [0.29, 0.717) is 0 Å². The fraction of sp³-hybridized carbons (Fsp3) is 0.250. The molecule has 0 fully saturated rings. The van der Waals surface area contributed by atoms with Gasteiger partial charge >= 0.3 is 12.5 Å². The number of benzene rings is 1. The summed E-state index contributed by atoms with van der Waals surface area (Å²) in [4.78, 5) is 0. The Morgan fingerprint density at radius 3 is 2.53 bits per heavy atom. The van der Waals surface area contributed by atoms with Gasteiger partial charge in [0.25, 0.3) is 0 Å². The molecule has 0 aliphatic carbocycles. The summed E-state index contributed by atoms with van der Waals surface area (Å²) in [5.41, 5.74) is 2.45. The molecule has 3 N–H and O–H groups in total. The van der Waals surface area contributed by atoms with Crippen LogP contribution in [0.25, 0.3) is 0 Å². The minimum atomic E-state index is -4.51. The Bertz CT molecular complexity index is 332. The smallest absolute Gasteiger partial charge is 0.428 e. The van der Waals surface area contributed by atoms with Gasteiger partial charge in [-0.1, -0.05) is 6.07 Å². The topological polar surface area (TPSA) is 47.3 Å². The van der Waals surface area contributed by atoms with Crippen LogP contribution in [0, 0.1) is 0 Å². The standard InChI is InChI=1S/C8H8F4N2O/c9-7(10)8(11,12)15-6-3-1-2-5(4-6)14-13/h1-4,7,14H,13H2. The van der Waals surface area contributed by atoms with Gasteiger partial charge in [-0.25, -0.2) is 0 Å². The van der Waals surface area contributed by atoms with Gasteiger partial charge in [-0.3, -0.25) is 5.84 Å². The largest absolute Gasteiger partial charge is 0.461 e. The summed E-state index contributed by atoms with van der Waals surface area (Å²) in [6.45, 7) is 0. The second-order valence-electron chi connectivity index (χ2n) is 2.64.